The molecule has 17 heavy (non-hydrogen) atoms. The molecule has 0 unspecified atom stereocenters. The summed E-state index contributed by atoms with van der Waals surface area (Å²) in [6.07, 6.45) is 2.46. The van der Waals surface area contributed by atoms with Gasteiger partial charge in [-0.1, -0.05) is 41.5 Å². The number of hydrogen-bond acceptors (Lipinski definition) is 1. The smallest absolute Gasteiger partial charge is 0.0498 e. The number of rotatable bonds is 2. The van der Waals surface area contributed by atoms with E-state index >= 15 is 0 Å². The van der Waals surface area contributed by atoms with Gasteiger partial charge in [0.25, 0.3) is 0 Å². The molecule has 1 nitrogen and oxygen atoms in total. The Morgan fingerprint density at radius 3 is 2.29 bits per heavy atom. The second kappa shape index (κ2) is 4.12. The average molecular weight is 231 g/mol. The summed E-state index contributed by atoms with van der Waals surface area (Å²) in [6, 6.07) is 2.34. The van der Waals surface area contributed by atoms with Crippen molar-refractivity contribution < 1.29 is 0 Å². The minimum Gasteiger partial charge on any atom is -0.257 e. The summed E-state index contributed by atoms with van der Waals surface area (Å²) < 4.78 is 0. The van der Waals surface area contributed by atoms with Crippen LogP contribution in [0.1, 0.15) is 82.3 Å². The largest absolute Gasteiger partial charge is 0.257 e. The van der Waals surface area contributed by atoms with Gasteiger partial charge in [0.15, 0.2) is 0 Å². The highest BCUT2D eigenvalue weighted by Crippen LogP contribution is 2.41. The van der Waals surface area contributed by atoms with Gasteiger partial charge in [-0.15, -0.1) is 0 Å². The molecule has 1 aliphatic carbocycles. The molecule has 1 heteroatoms. The Balaban J connectivity index is 2.63. The maximum absolute atomic E-state index is 4.95. The van der Waals surface area contributed by atoms with Gasteiger partial charge in [-0.2, -0.15) is 0 Å². The van der Waals surface area contributed by atoms with Crippen molar-refractivity contribution in [1.82, 2.24) is 4.98 Å². The molecule has 1 heterocycles. The molecule has 0 N–H and O–H groups in total. The second-order valence-electron chi connectivity index (χ2n) is 6.66. The number of fused-ring (bicyclic) bond motifs is 1. The fourth-order valence-electron chi connectivity index (χ4n) is 2.80. The lowest BCUT2D eigenvalue weighted by Crippen LogP contribution is -2.16. The van der Waals surface area contributed by atoms with Gasteiger partial charge in [-0.3, -0.25) is 4.98 Å². The number of aromatic nitrogens is 1. The summed E-state index contributed by atoms with van der Waals surface area (Å²) in [4.78, 5) is 4.95. The van der Waals surface area contributed by atoms with Gasteiger partial charge in [0.2, 0.25) is 0 Å². The second-order valence-corrected chi connectivity index (χ2v) is 6.66. The van der Waals surface area contributed by atoms with Crippen molar-refractivity contribution in [3.05, 3.63) is 28.6 Å². The molecule has 94 valence electrons. The van der Waals surface area contributed by atoms with Gasteiger partial charge in [0.05, 0.1) is 0 Å². The lowest BCUT2D eigenvalue weighted by Gasteiger charge is -2.21. The Kier molecular flexibility index (Phi) is 3.05. The molecule has 1 aromatic rings. The van der Waals surface area contributed by atoms with Crippen molar-refractivity contribution in [3.63, 3.8) is 0 Å². The van der Waals surface area contributed by atoms with Crippen molar-refractivity contribution in [2.24, 2.45) is 0 Å². The van der Waals surface area contributed by atoms with E-state index in [4.69, 9.17) is 4.98 Å². The predicted molar refractivity (Wildman–Crippen MR) is 73.8 cm³/mol. The lowest BCUT2D eigenvalue weighted by atomic mass is 9.88. The van der Waals surface area contributed by atoms with E-state index in [0.717, 1.165) is 0 Å². The summed E-state index contributed by atoms with van der Waals surface area (Å²) in [5, 5.41) is 0. The SMILES string of the molecule is CC(C)c1cc(C(C)C)c2c(n1)C(C)(C)CC2. The Morgan fingerprint density at radius 1 is 1.12 bits per heavy atom. The zero-order chi connectivity index (χ0) is 12.8. The molecule has 0 radical (unpaired) electrons. The highest BCUT2D eigenvalue weighted by atomic mass is 14.8. The molecule has 2 rings (SSSR count). The Labute approximate surface area is 106 Å². The molecule has 0 bridgehead atoms. The van der Waals surface area contributed by atoms with E-state index in [2.05, 4.69) is 47.6 Å². The maximum Gasteiger partial charge on any atom is 0.0498 e. The van der Waals surface area contributed by atoms with Crippen LogP contribution in [-0.4, -0.2) is 4.98 Å². The summed E-state index contributed by atoms with van der Waals surface area (Å²) in [7, 11) is 0. The molecule has 0 saturated heterocycles. The van der Waals surface area contributed by atoms with Gasteiger partial charge in [-0.25, -0.2) is 0 Å². The van der Waals surface area contributed by atoms with E-state index in [1.54, 1.807) is 0 Å². The van der Waals surface area contributed by atoms with Gasteiger partial charge >= 0.3 is 0 Å². The zero-order valence-corrected chi connectivity index (χ0v) is 12.1. The Hall–Kier alpha value is -0.850. The van der Waals surface area contributed by atoms with Gasteiger partial charge in [0, 0.05) is 16.8 Å². The summed E-state index contributed by atoms with van der Waals surface area (Å²) >= 11 is 0. The third-order valence-electron chi connectivity index (χ3n) is 4.03. The summed E-state index contributed by atoms with van der Waals surface area (Å²) in [6.45, 7) is 13.7. The van der Waals surface area contributed by atoms with E-state index in [1.165, 1.54) is 35.4 Å². The van der Waals surface area contributed by atoms with E-state index < -0.39 is 0 Å². The molecule has 0 aliphatic heterocycles. The summed E-state index contributed by atoms with van der Waals surface area (Å²) in [5.74, 6) is 1.13. The van der Waals surface area contributed by atoms with Crippen LogP contribution in [0.5, 0.6) is 0 Å². The minimum atomic E-state index is 0.268. The van der Waals surface area contributed by atoms with Gasteiger partial charge in [-0.05, 0) is 41.9 Å². The monoisotopic (exact) mass is 231 g/mol. The van der Waals surface area contributed by atoms with Crippen molar-refractivity contribution in [1.29, 1.82) is 0 Å². The van der Waals surface area contributed by atoms with Crippen molar-refractivity contribution in [2.45, 2.75) is 71.6 Å². The molecule has 1 aliphatic rings. The van der Waals surface area contributed by atoms with Gasteiger partial charge in [0.1, 0.15) is 0 Å². The van der Waals surface area contributed by atoms with Crippen molar-refractivity contribution in [3.8, 4) is 0 Å². The Morgan fingerprint density at radius 2 is 1.76 bits per heavy atom. The van der Waals surface area contributed by atoms with Crippen LogP contribution in [-0.2, 0) is 11.8 Å². The lowest BCUT2D eigenvalue weighted by molar-refractivity contribution is 0.507. The topological polar surface area (TPSA) is 12.9 Å². The minimum absolute atomic E-state index is 0.268. The highest BCUT2D eigenvalue weighted by Gasteiger charge is 2.34. The first-order valence-corrected chi connectivity index (χ1v) is 6.87. The molecule has 0 amide bonds. The third kappa shape index (κ3) is 2.12. The number of hydrogen-bond donors (Lipinski definition) is 0. The molecular weight excluding hydrogens is 206 g/mol. The van der Waals surface area contributed by atoms with Crippen LogP contribution < -0.4 is 0 Å². The van der Waals surface area contributed by atoms with Crippen LogP contribution in [0.2, 0.25) is 0 Å². The van der Waals surface area contributed by atoms with E-state index in [0.29, 0.717) is 11.8 Å². The first kappa shape index (κ1) is 12.6. The highest BCUT2D eigenvalue weighted by molar-refractivity contribution is 5.42. The zero-order valence-electron chi connectivity index (χ0n) is 12.1. The molecule has 0 fully saturated rings. The molecule has 0 spiro atoms. The van der Waals surface area contributed by atoms with Crippen LogP contribution >= 0.6 is 0 Å². The molecule has 0 saturated carbocycles. The normalized spacial score (nSPS) is 17.9. The fraction of sp³-hybridized carbons (Fsp3) is 0.688. The quantitative estimate of drug-likeness (QED) is 0.727. The average Bonchev–Trinajstić information content (AvgIpc) is 2.53. The Bertz CT molecular complexity index is 427. The van der Waals surface area contributed by atoms with Crippen molar-refractivity contribution in [2.75, 3.05) is 0 Å². The fourth-order valence-corrected chi connectivity index (χ4v) is 2.80. The number of pyridine rings is 1. The van der Waals surface area contributed by atoms with Crippen LogP contribution in [0.4, 0.5) is 0 Å². The standard InChI is InChI=1S/C16H25N/c1-10(2)13-9-14(11(3)4)17-15-12(13)7-8-16(15,5)6/h9-11H,7-8H2,1-6H3. The molecular formula is C16H25N. The van der Waals surface area contributed by atoms with Crippen molar-refractivity contribution >= 4 is 0 Å². The predicted octanol–water partition coefficient (Wildman–Crippen LogP) is 4.55. The molecule has 0 atom stereocenters. The summed E-state index contributed by atoms with van der Waals surface area (Å²) in [5.41, 5.74) is 5.97. The van der Waals surface area contributed by atoms with Crippen LogP contribution in [0.15, 0.2) is 6.07 Å². The van der Waals surface area contributed by atoms with Gasteiger partial charge < -0.3 is 0 Å². The van der Waals surface area contributed by atoms with E-state index in [-0.39, 0.29) is 5.41 Å². The maximum atomic E-state index is 4.95. The van der Waals surface area contributed by atoms with Crippen LogP contribution in [0, 0.1) is 0 Å². The van der Waals surface area contributed by atoms with E-state index in [1.807, 2.05) is 0 Å². The van der Waals surface area contributed by atoms with Crippen LogP contribution in [0.25, 0.3) is 0 Å². The molecule has 0 aromatic carbocycles. The number of nitrogens with zero attached hydrogens (tertiary/aromatic N) is 1. The third-order valence-corrected chi connectivity index (χ3v) is 4.03. The van der Waals surface area contributed by atoms with E-state index in [9.17, 15) is 0 Å². The van der Waals surface area contributed by atoms with Crippen LogP contribution in [0.3, 0.4) is 0 Å². The first-order valence-electron chi connectivity index (χ1n) is 6.87. The first-order chi connectivity index (χ1) is 7.83. The molecule has 1 aromatic heterocycles.